The van der Waals surface area contributed by atoms with Gasteiger partial charge in [-0.2, -0.15) is 18.2 Å². The summed E-state index contributed by atoms with van der Waals surface area (Å²) in [6, 6.07) is 4.27. The van der Waals surface area contributed by atoms with E-state index in [-0.39, 0.29) is 5.56 Å². The van der Waals surface area contributed by atoms with Gasteiger partial charge in [-0.1, -0.05) is 6.07 Å². The summed E-state index contributed by atoms with van der Waals surface area (Å²) < 4.78 is 45.1. The van der Waals surface area contributed by atoms with Crippen LogP contribution in [0.25, 0.3) is 0 Å². The highest BCUT2D eigenvalue weighted by Gasteiger charge is 2.30. The molecule has 0 N–H and O–H groups in total. The van der Waals surface area contributed by atoms with Gasteiger partial charge >= 0.3 is 6.18 Å². The highest BCUT2D eigenvalue weighted by molar-refractivity contribution is 7.09. The number of nitrogens with zero attached hydrogens (tertiary/aromatic N) is 2. The van der Waals surface area contributed by atoms with E-state index in [1.54, 1.807) is 7.11 Å². The van der Waals surface area contributed by atoms with E-state index in [1.807, 2.05) is 18.4 Å². The second kappa shape index (κ2) is 7.31. The first-order valence-corrected chi connectivity index (χ1v) is 7.97. The van der Waals surface area contributed by atoms with E-state index in [9.17, 15) is 18.0 Å². The number of hydrogen-bond acceptors (Lipinski definition) is 3. The number of ether oxygens (including phenoxy) is 1. The predicted octanol–water partition coefficient (Wildman–Crippen LogP) is 3.57. The first-order chi connectivity index (χ1) is 11.2. The third-order valence-corrected chi connectivity index (χ3v) is 4.64. The largest absolute Gasteiger partial charge is 0.416 e. The van der Waals surface area contributed by atoms with Crippen LogP contribution in [0.1, 0.15) is 26.5 Å². The molecule has 0 aliphatic carbocycles. The van der Waals surface area contributed by atoms with E-state index in [0.29, 0.717) is 18.0 Å². The molecule has 24 heavy (non-hydrogen) atoms. The molecule has 0 bridgehead atoms. The molecule has 8 heteroatoms. The molecule has 0 atom stereocenters. The van der Waals surface area contributed by atoms with Crippen molar-refractivity contribution in [2.75, 3.05) is 13.7 Å². The van der Waals surface area contributed by atoms with Gasteiger partial charge in [0.15, 0.2) is 4.80 Å². The minimum absolute atomic E-state index is 0.0909. The second-order valence-electron chi connectivity index (χ2n) is 5.17. The Morgan fingerprint density at radius 2 is 2.04 bits per heavy atom. The Hall–Kier alpha value is -1.93. The number of rotatable bonds is 4. The van der Waals surface area contributed by atoms with E-state index in [2.05, 4.69) is 4.99 Å². The maximum atomic E-state index is 12.8. The van der Waals surface area contributed by atoms with Gasteiger partial charge < -0.3 is 9.30 Å². The Kier molecular flexibility index (Phi) is 5.61. The highest BCUT2D eigenvalue weighted by atomic mass is 32.1. The molecule has 2 aromatic rings. The summed E-state index contributed by atoms with van der Waals surface area (Å²) in [5.41, 5.74) is -0.00573. The van der Waals surface area contributed by atoms with E-state index in [4.69, 9.17) is 4.74 Å². The molecule has 1 aromatic carbocycles. The van der Waals surface area contributed by atoms with Crippen molar-refractivity contribution in [3.8, 4) is 0 Å². The standard InChI is InChI=1S/C16H17F3N2O2S/c1-10-11(2)24-15(21(10)7-8-23-3)20-14(22)12-5-4-6-13(9-12)16(17,18)19/h4-6,9H,7-8H2,1-3H3/b20-15-. The van der Waals surface area contributed by atoms with Crippen LogP contribution in [0.5, 0.6) is 0 Å². The number of carbonyl (C=O) groups excluding carboxylic acids is 1. The van der Waals surface area contributed by atoms with Crippen LogP contribution in [0, 0.1) is 13.8 Å². The number of carbonyl (C=O) groups is 1. The Morgan fingerprint density at radius 3 is 2.67 bits per heavy atom. The van der Waals surface area contributed by atoms with Crippen LogP contribution >= 0.6 is 11.3 Å². The van der Waals surface area contributed by atoms with Crippen molar-refractivity contribution < 1.29 is 22.7 Å². The number of halogens is 3. The Morgan fingerprint density at radius 1 is 1.33 bits per heavy atom. The number of alkyl halides is 3. The predicted molar refractivity (Wildman–Crippen MR) is 85.0 cm³/mol. The molecule has 2 rings (SSSR count). The van der Waals surface area contributed by atoms with E-state index < -0.39 is 17.6 Å². The Labute approximate surface area is 141 Å². The van der Waals surface area contributed by atoms with Crippen molar-refractivity contribution >= 4 is 17.2 Å². The summed E-state index contributed by atoms with van der Waals surface area (Å²) in [6.07, 6.45) is -4.50. The van der Waals surface area contributed by atoms with Crippen LogP contribution in [-0.4, -0.2) is 24.2 Å². The molecule has 0 radical (unpaired) electrons. The number of aryl methyl sites for hydroxylation is 1. The molecule has 0 spiro atoms. The summed E-state index contributed by atoms with van der Waals surface area (Å²) in [5, 5.41) is 0. The summed E-state index contributed by atoms with van der Waals surface area (Å²) in [4.78, 5) is 17.7. The van der Waals surface area contributed by atoms with Crippen molar-refractivity contribution in [1.29, 1.82) is 0 Å². The molecular formula is C16H17F3N2O2S. The number of aromatic nitrogens is 1. The first kappa shape index (κ1) is 18.4. The van der Waals surface area contributed by atoms with Gasteiger partial charge in [-0.05, 0) is 32.0 Å². The second-order valence-corrected chi connectivity index (χ2v) is 6.35. The number of benzene rings is 1. The lowest BCUT2D eigenvalue weighted by Gasteiger charge is -2.07. The zero-order valence-corrected chi connectivity index (χ0v) is 14.3. The van der Waals surface area contributed by atoms with Crippen molar-refractivity contribution in [3.63, 3.8) is 0 Å². The van der Waals surface area contributed by atoms with Gasteiger partial charge in [-0.25, -0.2) is 0 Å². The molecule has 0 saturated carbocycles. The number of thiazole rings is 1. The molecule has 1 amide bonds. The lowest BCUT2D eigenvalue weighted by Crippen LogP contribution is -2.20. The van der Waals surface area contributed by atoms with E-state index >= 15 is 0 Å². The summed E-state index contributed by atoms with van der Waals surface area (Å²) in [6.45, 7) is 4.76. The van der Waals surface area contributed by atoms with Crippen LogP contribution < -0.4 is 4.80 Å². The maximum absolute atomic E-state index is 12.8. The third kappa shape index (κ3) is 4.12. The van der Waals surface area contributed by atoms with Gasteiger partial charge in [0.25, 0.3) is 5.91 Å². The molecule has 0 aliphatic rings. The lowest BCUT2D eigenvalue weighted by atomic mass is 10.1. The van der Waals surface area contributed by atoms with Gasteiger partial charge in [0.2, 0.25) is 0 Å². The smallest absolute Gasteiger partial charge is 0.383 e. The van der Waals surface area contributed by atoms with Crippen LogP contribution in [0.2, 0.25) is 0 Å². The molecule has 4 nitrogen and oxygen atoms in total. The molecule has 1 aromatic heterocycles. The van der Waals surface area contributed by atoms with Crippen LogP contribution in [0.3, 0.4) is 0 Å². The molecule has 1 heterocycles. The Bertz CT molecular complexity index is 806. The molecule has 130 valence electrons. The normalized spacial score (nSPS) is 12.7. The summed E-state index contributed by atoms with van der Waals surface area (Å²) in [5.74, 6) is -0.700. The summed E-state index contributed by atoms with van der Waals surface area (Å²) >= 11 is 1.32. The van der Waals surface area contributed by atoms with Crippen LogP contribution in [0.4, 0.5) is 13.2 Å². The minimum atomic E-state index is -4.50. The van der Waals surface area contributed by atoms with Crippen molar-refractivity contribution in [2.45, 2.75) is 26.6 Å². The SMILES string of the molecule is COCCn1c(C)c(C)s/c1=N\C(=O)c1cccc(C(F)(F)F)c1. The number of amides is 1. The number of hydrogen-bond donors (Lipinski definition) is 0. The van der Waals surface area contributed by atoms with E-state index in [0.717, 1.165) is 22.7 Å². The maximum Gasteiger partial charge on any atom is 0.416 e. The van der Waals surface area contributed by atoms with Gasteiger partial charge in [0, 0.05) is 29.8 Å². The fraction of sp³-hybridized carbons (Fsp3) is 0.375. The van der Waals surface area contributed by atoms with Gasteiger partial charge in [0.1, 0.15) is 0 Å². The van der Waals surface area contributed by atoms with Crippen molar-refractivity contribution in [2.24, 2.45) is 4.99 Å². The topological polar surface area (TPSA) is 43.6 Å². The zero-order chi connectivity index (χ0) is 17.9. The number of methoxy groups -OCH3 is 1. The third-order valence-electron chi connectivity index (χ3n) is 3.54. The minimum Gasteiger partial charge on any atom is -0.383 e. The average Bonchev–Trinajstić information content (AvgIpc) is 2.79. The van der Waals surface area contributed by atoms with Crippen molar-refractivity contribution in [1.82, 2.24) is 4.57 Å². The molecule has 0 saturated heterocycles. The molecule has 0 unspecified atom stereocenters. The van der Waals surface area contributed by atoms with Gasteiger partial charge in [-0.15, -0.1) is 11.3 Å². The highest BCUT2D eigenvalue weighted by Crippen LogP contribution is 2.29. The van der Waals surface area contributed by atoms with E-state index in [1.165, 1.54) is 23.5 Å². The lowest BCUT2D eigenvalue weighted by molar-refractivity contribution is -0.137. The monoisotopic (exact) mass is 358 g/mol. The Balaban J connectivity index is 2.42. The molecule has 0 fully saturated rings. The van der Waals surface area contributed by atoms with Crippen molar-refractivity contribution in [3.05, 3.63) is 50.8 Å². The summed E-state index contributed by atoms with van der Waals surface area (Å²) in [7, 11) is 1.57. The quantitative estimate of drug-likeness (QED) is 0.839. The first-order valence-electron chi connectivity index (χ1n) is 7.16. The molecular weight excluding hydrogens is 341 g/mol. The fourth-order valence-electron chi connectivity index (χ4n) is 2.11. The fourth-order valence-corrected chi connectivity index (χ4v) is 3.11. The van der Waals surface area contributed by atoms with Gasteiger partial charge in [-0.3, -0.25) is 4.79 Å². The average molecular weight is 358 g/mol. The zero-order valence-electron chi connectivity index (χ0n) is 13.5. The van der Waals surface area contributed by atoms with Gasteiger partial charge in [0.05, 0.1) is 12.2 Å². The molecule has 0 aliphatic heterocycles. The van der Waals surface area contributed by atoms with Crippen LogP contribution in [0.15, 0.2) is 29.3 Å². The van der Waals surface area contributed by atoms with Crippen LogP contribution in [-0.2, 0) is 17.5 Å².